The van der Waals surface area contributed by atoms with Gasteiger partial charge < -0.3 is 4.74 Å². The van der Waals surface area contributed by atoms with Crippen LogP contribution < -0.4 is 0 Å². The number of pyridine rings is 1. The Kier molecular flexibility index (Phi) is 2.53. The Balaban J connectivity index is 2.56. The number of fused-ring (bicyclic) bond motifs is 1. The van der Waals surface area contributed by atoms with E-state index in [1.165, 1.54) is 19.2 Å². The fraction of sp³-hybridized carbons (Fsp3) is 0.200. The van der Waals surface area contributed by atoms with Gasteiger partial charge in [0.25, 0.3) is 0 Å². The molecule has 4 nitrogen and oxygen atoms in total. The lowest BCUT2D eigenvalue weighted by molar-refractivity contribution is -0.145. The van der Waals surface area contributed by atoms with Gasteiger partial charge in [-0.25, -0.2) is 9.78 Å². The zero-order valence-corrected chi connectivity index (χ0v) is 8.65. The molecule has 0 spiro atoms. The van der Waals surface area contributed by atoms with E-state index in [2.05, 4.69) is 9.72 Å². The van der Waals surface area contributed by atoms with Crippen LogP contribution >= 0.6 is 0 Å². The number of halogens is 3. The van der Waals surface area contributed by atoms with Gasteiger partial charge in [-0.2, -0.15) is 13.2 Å². The van der Waals surface area contributed by atoms with E-state index in [9.17, 15) is 18.0 Å². The van der Waals surface area contributed by atoms with E-state index < -0.39 is 18.0 Å². The smallest absolute Gasteiger partial charge is 0.450 e. The van der Waals surface area contributed by atoms with Crippen molar-refractivity contribution in [3.8, 4) is 0 Å². The van der Waals surface area contributed by atoms with Gasteiger partial charge in [-0.05, 0) is 12.1 Å². The first-order chi connectivity index (χ1) is 7.93. The Morgan fingerprint density at radius 1 is 1.47 bits per heavy atom. The molecule has 7 heteroatoms. The van der Waals surface area contributed by atoms with Gasteiger partial charge in [0.15, 0.2) is 0 Å². The van der Waals surface area contributed by atoms with Gasteiger partial charge in [-0.15, -0.1) is 0 Å². The number of aromatic nitrogens is 2. The number of rotatable bonds is 1. The van der Waals surface area contributed by atoms with Crippen molar-refractivity contribution in [3.05, 3.63) is 35.9 Å². The largest absolute Gasteiger partial charge is 0.465 e. The molecule has 0 unspecified atom stereocenters. The summed E-state index contributed by atoms with van der Waals surface area (Å²) in [5.74, 6) is -1.63. The van der Waals surface area contributed by atoms with Gasteiger partial charge in [0.05, 0.1) is 24.4 Å². The maximum atomic E-state index is 12.5. The summed E-state index contributed by atoms with van der Waals surface area (Å²) in [7, 11) is 1.20. The summed E-state index contributed by atoms with van der Waals surface area (Å²) in [5.41, 5.74) is 0.355. The Hall–Kier alpha value is -2.05. The van der Waals surface area contributed by atoms with Crippen molar-refractivity contribution >= 4 is 11.5 Å². The molecular formula is C10H7F3N2O2. The maximum absolute atomic E-state index is 12.5. The van der Waals surface area contributed by atoms with Crippen LogP contribution in [0.3, 0.4) is 0 Å². The summed E-state index contributed by atoms with van der Waals surface area (Å²) in [6, 6.07) is 2.53. The predicted octanol–water partition coefficient (Wildman–Crippen LogP) is 2.14. The van der Waals surface area contributed by atoms with Crippen LogP contribution in [0.4, 0.5) is 13.2 Å². The zero-order chi connectivity index (χ0) is 12.6. The van der Waals surface area contributed by atoms with Crippen molar-refractivity contribution in [1.82, 2.24) is 9.38 Å². The van der Waals surface area contributed by atoms with E-state index in [-0.39, 0.29) is 11.1 Å². The molecule has 0 saturated carbocycles. The van der Waals surface area contributed by atoms with Gasteiger partial charge >= 0.3 is 12.1 Å². The Bertz CT molecular complexity index is 574. The number of imidazole rings is 1. The minimum atomic E-state index is -4.53. The highest BCUT2D eigenvalue weighted by molar-refractivity contribution is 5.90. The summed E-state index contributed by atoms with van der Waals surface area (Å²) < 4.78 is 42.8. The first-order valence-electron chi connectivity index (χ1n) is 4.56. The second kappa shape index (κ2) is 3.76. The molecule has 0 saturated heterocycles. The monoisotopic (exact) mass is 244 g/mol. The van der Waals surface area contributed by atoms with Crippen LogP contribution in [-0.2, 0) is 10.9 Å². The number of alkyl halides is 3. The summed E-state index contributed by atoms with van der Waals surface area (Å²) in [6.07, 6.45) is -2.34. The summed E-state index contributed by atoms with van der Waals surface area (Å²) in [6.45, 7) is 0. The van der Waals surface area contributed by atoms with Crippen LogP contribution in [0.15, 0.2) is 24.5 Å². The third-order valence-corrected chi connectivity index (χ3v) is 2.21. The SMILES string of the molecule is COC(=O)c1ccn2c(C(F)(F)F)ncc2c1. The minimum Gasteiger partial charge on any atom is -0.465 e. The number of methoxy groups -OCH3 is 1. The Labute approximate surface area is 93.6 Å². The second-order valence-corrected chi connectivity index (χ2v) is 3.28. The lowest BCUT2D eigenvalue weighted by atomic mass is 10.2. The lowest BCUT2D eigenvalue weighted by Gasteiger charge is -2.05. The molecule has 0 N–H and O–H groups in total. The number of carbonyl (C=O) groups excluding carboxylic acids is 1. The van der Waals surface area contributed by atoms with Crippen molar-refractivity contribution in [2.24, 2.45) is 0 Å². The molecule has 90 valence electrons. The van der Waals surface area contributed by atoms with Crippen LogP contribution in [0.25, 0.3) is 5.52 Å². The molecule has 0 amide bonds. The zero-order valence-electron chi connectivity index (χ0n) is 8.65. The van der Waals surface area contributed by atoms with Crippen LogP contribution in [-0.4, -0.2) is 22.5 Å². The topological polar surface area (TPSA) is 43.6 Å². The average molecular weight is 244 g/mol. The first kappa shape index (κ1) is 11.4. The standard InChI is InChI=1S/C10H7F3N2O2/c1-17-8(16)6-2-3-15-7(4-6)5-14-9(15)10(11,12)13/h2-5H,1H3. The Morgan fingerprint density at radius 2 is 2.18 bits per heavy atom. The molecule has 0 bridgehead atoms. The summed E-state index contributed by atoms with van der Waals surface area (Å²) >= 11 is 0. The fourth-order valence-electron chi connectivity index (χ4n) is 1.45. The highest BCUT2D eigenvalue weighted by Crippen LogP contribution is 2.28. The van der Waals surface area contributed by atoms with E-state index in [1.807, 2.05) is 0 Å². The van der Waals surface area contributed by atoms with Gasteiger partial charge in [-0.3, -0.25) is 4.40 Å². The molecule has 17 heavy (non-hydrogen) atoms. The van der Waals surface area contributed by atoms with Crippen LogP contribution in [0.1, 0.15) is 16.2 Å². The molecular weight excluding hydrogens is 237 g/mol. The van der Waals surface area contributed by atoms with Gasteiger partial charge in [0.1, 0.15) is 0 Å². The van der Waals surface area contributed by atoms with Crippen LogP contribution in [0.5, 0.6) is 0 Å². The van der Waals surface area contributed by atoms with E-state index in [0.29, 0.717) is 0 Å². The van der Waals surface area contributed by atoms with Crippen molar-refractivity contribution in [1.29, 1.82) is 0 Å². The Morgan fingerprint density at radius 3 is 2.76 bits per heavy atom. The van der Waals surface area contributed by atoms with E-state index in [0.717, 1.165) is 16.8 Å². The molecule has 0 aromatic carbocycles. The van der Waals surface area contributed by atoms with Crippen molar-refractivity contribution in [2.75, 3.05) is 7.11 Å². The first-order valence-corrected chi connectivity index (χ1v) is 4.56. The van der Waals surface area contributed by atoms with Gasteiger partial charge in [0, 0.05) is 6.20 Å². The average Bonchev–Trinajstić information content (AvgIpc) is 2.70. The number of hydrogen-bond donors (Lipinski definition) is 0. The molecule has 2 heterocycles. The highest BCUT2D eigenvalue weighted by atomic mass is 19.4. The highest BCUT2D eigenvalue weighted by Gasteiger charge is 2.35. The predicted molar refractivity (Wildman–Crippen MR) is 51.5 cm³/mol. The van der Waals surface area contributed by atoms with Crippen molar-refractivity contribution < 1.29 is 22.7 Å². The fourth-order valence-corrected chi connectivity index (χ4v) is 1.45. The lowest BCUT2D eigenvalue weighted by Crippen LogP contribution is -2.11. The molecule has 2 aromatic heterocycles. The number of hydrogen-bond acceptors (Lipinski definition) is 3. The molecule has 0 aliphatic heterocycles. The van der Waals surface area contributed by atoms with E-state index in [1.54, 1.807) is 0 Å². The van der Waals surface area contributed by atoms with Crippen molar-refractivity contribution in [3.63, 3.8) is 0 Å². The molecule has 0 atom stereocenters. The second-order valence-electron chi connectivity index (χ2n) is 3.28. The molecule has 2 aromatic rings. The summed E-state index contributed by atoms with van der Waals surface area (Å²) in [5, 5.41) is 0. The number of carbonyl (C=O) groups is 1. The van der Waals surface area contributed by atoms with Crippen molar-refractivity contribution in [2.45, 2.75) is 6.18 Å². The van der Waals surface area contributed by atoms with Gasteiger partial charge in [0.2, 0.25) is 5.82 Å². The van der Waals surface area contributed by atoms with Crippen LogP contribution in [0, 0.1) is 0 Å². The molecule has 0 radical (unpaired) electrons. The van der Waals surface area contributed by atoms with E-state index in [4.69, 9.17) is 0 Å². The third-order valence-electron chi connectivity index (χ3n) is 2.21. The molecule has 0 aliphatic carbocycles. The number of nitrogens with zero attached hydrogens (tertiary/aromatic N) is 2. The normalized spacial score (nSPS) is 11.8. The number of ether oxygens (including phenoxy) is 1. The van der Waals surface area contributed by atoms with Crippen LogP contribution in [0.2, 0.25) is 0 Å². The minimum absolute atomic E-state index is 0.175. The maximum Gasteiger partial charge on any atom is 0.450 e. The third kappa shape index (κ3) is 1.95. The molecule has 2 rings (SSSR count). The van der Waals surface area contributed by atoms with E-state index >= 15 is 0 Å². The molecule has 0 aliphatic rings. The number of esters is 1. The molecule has 0 fully saturated rings. The quantitative estimate of drug-likeness (QED) is 0.722. The summed E-state index contributed by atoms with van der Waals surface area (Å²) in [4.78, 5) is 14.5. The van der Waals surface area contributed by atoms with Gasteiger partial charge in [-0.1, -0.05) is 0 Å².